The van der Waals surface area contributed by atoms with Crippen LogP contribution in [0.5, 0.6) is 0 Å². The molecule has 1 heterocycles. The summed E-state index contributed by atoms with van der Waals surface area (Å²) in [5.74, 6) is 0. The highest BCUT2D eigenvalue weighted by Crippen LogP contribution is 2.16. The first-order valence-electron chi connectivity index (χ1n) is 4.48. The van der Waals surface area contributed by atoms with Gasteiger partial charge in [-0.05, 0) is 12.8 Å². The number of hydrogen-bond acceptors (Lipinski definition) is 2. The summed E-state index contributed by atoms with van der Waals surface area (Å²) in [6.45, 7) is -3.79. The van der Waals surface area contributed by atoms with Gasteiger partial charge in [0.2, 0.25) is 0 Å². The zero-order valence-corrected chi connectivity index (χ0v) is 7.35. The molecule has 78 valence electrons. The molecule has 0 aromatic carbocycles. The SMILES string of the molecule is F[B-](F)(F)CCOC1CCCOC1. The van der Waals surface area contributed by atoms with Crippen LogP contribution in [0, 0.1) is 0 Å². The summed E-state index contributed by atoms with van der Waals surface area (Å²) in [6, 6.07) is 0. The van der Waals surface area contributed by atoms with Gasteiger partial charge < -0.3 is 22.4 Å². The molecule has 0 bridgehead atoms. The topological polar surface area (TPSA) is 18.5 Å². The molecular formula is C7H13BF3O2-. The Morgan fingerprint density at radius 1 is 1.38 bits per heavy atom. The highest BCUT2D eigenvalue weighted by molar-refractivity contribution is 6.58. The molecule has 0 spiro atoms. The average molecular weight is 197 g/mol. The zero-order chi connectivity index (χ0) is 9.73. The monoisotopic (exact) mass is 197 g/mol. The quantitative estimate of drug-likeness (QED) is 0.642. The van der Waals surface area contributed by atoms with Gasteiger partial charge in [0.25, 0.3) is 0 Å². The molecule has 1 aliphatic heterocycles. The summed E-state index contributed by atoms with van der Waals surface area (Å²) in [4.78, 5) is 0. The number of ether oxygens (including phenoxy) is 2. The van der Waals surface area contributed by atoms with Crippen LogP contribution in [0.4, 0.5) is 12.9 Å². The van der Waals surface area contributed by atoms with Crippen molar-refractivity contribution in [3.8, 4) is 0 Å². The minimum absolute atomic E-state index is 0.133. The number of hydrogen-bond donors (Lipinski definition) is 0. The summed E-state index contributed by atoms with van der Waals surface area (Å²) in [5, 5.41) is 0. The first-order valence-corrected chi connectivity index (χ1v) is 4.48. The van der Waals surface area contributed by atoms with Crippen LogP contribution in [-0.4, -0.2) is 32.9 Å². The van der Waals surface area contributed by atoms with Crippen LogP contribution in [0.15, 0.2) is 0 Å². The largest absolute Gasteiger partial charge is 0.480 e. The summed E-state index contributed by atoms with van der Waals surface area (Å²) in [7, 11) is 0. The van der Waals surface area contributed by atoms with Crippen LogP contribution >= 0.6 is 0 Å². The van der Waals surface area contributed by atoms with Crippen molar-refractivity contribution in [3.63, 3.8) is 0 Å². The molecule has 0 aromatic heterocycles. The van der Waals surface area contributed by atoms with E-state index in [2.05, 4.69) is 0 Å². The van der Waals surface area contributed by atoms with Gasteiger partial charge in [-0.15, -0.1) is 0 Å². The van der Waals surface area contributed by atoms with Crippen molar-refractivity contribution in [1.29, 1.82) is 0 Å². The highest BCUT2D eigenvalue weighted by atomic mass is 19.4. The maximum atomic E-state index is 11.8. The number of halogens is 3. The van der Waals surface area contributed by atoms with E-state index in [0.717, 1.165) is 12.8 Å². The molecule has 1 unspecified atom stereocenters. The Labute approximate surface area is 75.5 Å². The average Bonchev–Trinajstić information content (AvgIpc) is 2.04. The molecule has 6 heteroatoms. The summed E-state index contributed by atoms with van der Waals surface area (Å²) < 4.78 is 45.4. The lowest BCUT2D eigenvalue weighted by Crippen LogP contribution is -2.27. The minimum atomic E-state index is -4.70. The predicted octanol–water partition coefficient (Wildman–Crippen LogP) is 2.03. The Balaban J connectivity index is 2.04. The van der Waals surface area contributed by atoms with Gasteiger partial charge >= 0.3 is 6.98 Å². The molecule has 0 radical (unpaired) electrons. The third kappa shape index (κ3) is 5.15. The maximum absolute atomic E-state index is 11.8. The lowest BCUT2D eigenvalue weighted by atomic mass is 9.87. The van der Waals surface area contributed by atoms with E-state index in [-0.39, 0.29) is 12.7 Å². The van der Waals surface area contributed by atoms with Crippen molar-refractivity contribution in [2.75, 3.05) is 19.8 Å². The molecule has 1 atom stereocenters. The normalized spacial score (nSPS) is 24.7. The van der Waals surface area contributed by atoms with Gasteiger partial charge in [0.05, 0.1) is 12.7 Å². The van der Waals surface area contributed by atoms with Crippen LogP contribution in [0.25, 0.3) is 0 Å². The molecular weight excluding hydrogens is 184 g/mol. The van der Waals surface area contributed by atoms with Gasteiger partial charge in [0.1, 0.15) is 0 Å². The molecule has 0 aliphatic carbocycles. The molecule has 1 aliphatic rings. The van der Waals surface area contributed by atoms with Crippen molar-refractivity contribution < 1.29 is 22.4 Å². The third-order valence-electron chi connectivity index (χ3n) is 1.92. The lowest BCUT2D eigenvalue weighted by molar-refractivity contribution is -0.0467. The van der Waals surface area contributed by atoms with E-state index in [1.54, 1.807) is 0 Å². The summed E-state index contributed by atoms with van der Waals surface area (Å²) >= 11 is 0. The molecule has 0 N–H and O–H groups in total. The van der Waals surface area contributed by atoms with Gasteiger partial charge in [-0.1, -0.05) is 6.32 Å². The van der Waals surface area contributed by atoms with Gasteiger partial charge in [-0.2, -0.15) is 0 Å². The maximum Gasteiger partial charge on any atom is 0.480 e. The molecule has 0 amide bonds. The van der Waals surface area contributed by atoms with E-state index in [9.17, 15) is 12.9 Å². The third-order valence-corrected chi connectivity index (χ3v) is 1.92. The standard InChI is InChI=1S/C7H13BF3O2/c9-8(10,11)3-5-13-7-2-1-4-12-6-7/h7H,1-6H2/q-1. The van der Waals surface area contributed by atoms with E-state index in [1.165, 1.54) is 0 Å². The van der Waals surface area contributed by atoms with E-state index in [1.807, 2.05) is 0 Å². The van der Waals surface area contributed by atoms with Crippen LogP contribution in [-0.2, 0) is 9.47 Å². The molecule has 1 fully saturated rings. The van der Waals surface area contributed by atoms with E-state index in [0.29, 0.717) is 13.2 Å². The zero-order valence-electron chi connectivity index (χ0n) is 7.35. The van der Waals surface area contributed by atoms with Crippen molar-refractivity contribution in [1.82, 2.24) is 0 Å². The Hall–Kier alpha value is -0.225. The second-order valence-corrected chi connectivity index (χ2v) is 3.21. The Morgan fingerprint density at radius 3 is 2.69 bits per heavy atom. The molecule has 1 rings (SSSR count). The fourth-order valence-electron chi connectivity index (χ4n) is 1.21. The molecule has 0 saturated carbocycles. The predicted molar refractivity (Wildman–Crippen MR) is 43.7 cm³/mol. The molecule has 1 saturated heterocycles. The van der Waals surface area contributed by atoms with Crippen molar-refractivity contribution >= 4 is 6.98 Å². The van der Waals surface area contributed by atoms with Gasteiger partial charge in [-0.3, -0.25) is 0 Å². The van der Waals surface area contributed by atoms with E-state index >= 15 is 0 Å². The first-order chi connectivity index (χ1) is 6.08. The second-order valence-electron chi connectivity index (χ2n) is 3.21. The smallest absolute Gasteiger partial charge is 0.449 e. The number of rotatable bonds is 4. The fourth-order valence-corrected chi connectivity index (χ4v) is 1.21. The Kier molecular flexibility index (Phi) is 4.06. The van der Waals surface area contributed by atoms with Crippen LogP contribution in [0.2, 0.25) is 6.32 Å². The van der Waals surface area contributed by atoms with Gasteiger partial charge in [0, 0.05) is 13.2 Å². The molecule has 13 heavy (non-hydrogen) atoms. The van der Waals surface area contributed by atoms with E-state index < -0.39 is 13.3 Å². The highest BCUT2D eigenvalue weighted by Gasteiger charge is 2.23. The summed E-state index contributed by atoms with van der Waals surface area (Å²) in [5.41, 5.74) is 0. The van der Waals surface area contributed by atoms with Crippen LogP contribution < -0.4 is 0 Å². The van der Waals surface area contributed by atoms with Crippen molar-refractivity contribution in [2.24, 2.45) is 0 Å². The lowest BCUT2D eigenvalue weighted by Gasteiger charge is -2.23. The summed E-state index contributed by atoms with van der Waals surface area (Å²) in [6.07, 6.45) is 0.746. The van der Waals surface area contributed by atoms with Gasteiger partial charge in [0.15, 0.2) is 0 Å². The first kappa shape index (κ1) is 10.9. The fraction of sp³-hybridized carbons (Fsp3) is 1.00. The van der Waals surface area contributed by atoms with Crippen LogP contribution in [0.1, 0.15) is 12.8 Å². The second kappa shape index (κ2) is 4.86. The van der Waals surface area contributed by atoms with Crippen LogP contribution in [0.3, 0.4) is 0 Å². The minimum Gasteiger partial charge on any atom is -0.449 e. The Morgan fingerprint density at radius 2 is 2.15 bits per heavy atom. The van der Waals surface area contributed by atoms with Crippen molar-refractivity contribution in [3.05, 3.63) is 0 Å². The van der Waals surface area contributed by atoms with E-state index in [4.69, 9.17) is 9.47 Å². The Bertz CT molecular complexity index is 145. The van der Waals surface area contributed by atoms with Gasteiger partial charge in [-0.25, -0.2) is 0 Å². The molecule has 2 nitrogen and oxygen atoms in total. The molecule has 0 aromatic rings. The van der Waals surface area contributed by atoms with Crippen molar-refractivity contribution in [2.45, 2.75) is 25.3 Å².